The van der Waals surface area contributed by atoms with Gasteiger partial charge in [-0.3, -0.25) is 19.4 Å². The monoisotopic (exact) mass is 544 g/mol. The number of carboxylic acids is 1. The summed E-state index contributed by atoms with van der Waals surface area (Å²) >= 11 is 6.21. The topological polar surface area (TPSA) is 116 Å². The van der Waals surface area contributed by atoms with E-state index in [0.717, 1.165) is 5.56 Å². The van der Waals surface area contributed by atoms with Crippen LogP contribution in [0.5, 0.6) is 5.75 Å². The number of carboxylic acid groups (broad SMARTS) is 1. The molecule has 0 bridgehead atoms. The van der Waals surface area contributed by atoms with Gasteiger partial charge in [-0.2, -0.15) is 0 Å². The lowest BCUT2D eigenvalue weighted by atomic mass is 9.95. The lowest BCUT2D eigenvalue weighted by Gasteiger charge is -2.21. The lowest BCUT2D eigenvalue weighted by molar-refractivity contribution is -0.121. The van der Waals surface area contributed by atoms with Crippen molar-refractivity contribution in [2.75, 3.05) is 7.11 Å². The molecule has 0 aliphatic rings. The normalized spacial score (nSPS) is 11.6. The van der Waals surface area contributed by atoms with Crippen LogP contribution in [-0.2, 0) is 17.6 Å². The first-order chi connectivity index (χ1) is 18.7. The van der Waals surface area contributed by atoms with E-state index in [9.17, 15) is 19.2 Å². The van der Waals surface area contributed by atoms with Crippen molar-refractivity contribution in [3.8, 4) is 16.9 Å². The van der Waals surface area contributed by atoms with Crippen LogP contribution in [0.3, 0.4) is 0 Å². The third-order valence-electron chi connectivity index (χ3n) is 6.35. The largest absolute Gasteiger partial charge is 0.495 e. The SMILES string of the molecule is COc1cn([C@H](Cc2cccnc2)C(=O)Cc2ccc(C(=O)O)cc2)c(=O)cc1-c1cc(Cl)ccc1C(C)=O. The first-order valence-corrected chi connectivity index (χ1v) is 12.4. The molecule has 2 aromatic heterocycles. The molecule has 0 saturated carbocycles. The number of Topliss-reactive ketones (excluding diaryl/α,β-unsaturated/α-hetero) is 2. The minimum absolute atomic E-state index is 0.0237. The third-order valence-corrected chi connectivity index (χ3v) is 6.59. The fourth-order valence-corrected chi connectivity index (χ4v) is 4.56. The van der Waals surface area contributed by atoms with Crippen LogP contribution in [0.4, 0.5) is 0 Å². The van der Waals surface area contributed by atoms with Crippen molar-refractivity contribution in [3.05, 3.63) is 117 Å². The molecular formula is C30H25ClN2O6. The van der Waals surface area contributed by atoms with Crippen molar-refractivity contribution in [2.45, 2.75) is 25.8 Å². The number of aromatic carboxylic acids is 1. The highest BCUT2D eigenvalue weighted by Gasteiger charge is 2.25. The number of benzene rings is 2. The Morgan fingerprint density at radius 1 is 1.03 bits per heavy atom. The summed E-state index contributed by atoms with van der Waals surface area (Å²) in [5, 5.41) is 9.55. The Hall–Kier alpha value is -4.56. The van der Waals surface area contributed by atoms with Gasteiger partial charge in [0.05, 0.1) is 24.9 Å². The molecular weight excluding hydrogens is 520 g/mol. The van der Waals surface area contributed by atoms with Crippen LogP contribution >= 0.6 is 11.6 Å². The highest BCUT2D eigenvalue weighted by molar-refractivity contribution is 6.31. The number of hydrogen-bond donors (Lipinski definition) is 1. The Morgan fingerprint density at radius 3 is 2.38 bits per heavy atom. The third kappa shape index (κ3) is 6.30. The van der Waals surface area contributed by atoms with Crippen LogP contribution in [-0.4, -0.2) is 39.3 Å². The standard InChI is InChI=1S/C30H25ClN2O6/c1-18(34)23-10-9-22(31)14-24(23)25-15-29(36)33(17-28(25)39-2)26(12-20-4-3-11-32-16-20)27(35)13-19-5-7-21(8-6-19)30(37)38/h3-11,14-17,26H,12-13H2,1-2H3,(H,37,38)/t26-/m1/s1. The van der Waals surface area contributed by atoms with E-state index >= 15 is 0 Å². The molecule has 0 spiro atoms. The van der Waals surface area contributed by atoms with E-state index in [1.54, 1.807) is 48.8 Å². The maximum atomic E-state index is 13.6. The number of methoxy groups -OCH3 is 1. The van der Waals surface area contributed by atoms with Gasteiger partial charge in [-0.15, -0.1) is 0 Å². The van der Waals surface area contributed by atoms with Crippen LogP contribution in [0, 0.1) is 0 Å². The van der Waals surface area contributed by atoms with Crippen LogP contribution < -0.4 is 10.3 Å². The first-order valence-electron chi connectivity index (χ1n) is 12.0. The maximum Gasteiger partial charge on any atom is 0.335 e. The minimum atomic E-state index is -1.06. The molecule has 4 aromatic rings. The quantitative estimate of drug-likeness (QED) is 0.277. The summed E-state index contributed by atoms with van der Waals surface area (Å²) in [6.45, 7) is 1.42. The van der Waals surface area contributed by atoms with Crippen molar-refractivity contribution in [1.29, 1.82) is 0 Å². The second-order valence-electron chi connectivity index (χ2n) is 8.97. The molecule has 9 heteroatoms. The van der Waals surface area contributed by atoms with E-state index in [0.29, 0.717) is 27.3 Å². The number of ketones is 2. The van der Waals surface area contributed by atoms with Gasteiger partial charge in [-0.05, 0) is 60.0 Å². The minimum Gasteiger partial charge on any atom is -0.495 e. The van der Waals surface area contributed by atoms with Gasteiger partial charge in [0.1, 0.15) is 5.75 Å². The highest BCUT2D eigenvalue weighted by atomic mass is 35.5. The second-order valence-corrected chi connectivity index (χ2v) is 9.41. The molecule has 0 aliphatic heterocycles. The van der Waals surface area contributed by atoms with Gasteiger partial charge in [-0.1, -0.05) is 29.8 Å². The fourth-order valence-electron chi connectivity index (χ4n) is 4.39. The summed E-state index contributed by atoms with van der Waals surface area (Å²) in [4.78, 5) is 54.7. The number of carbonyl (C=O) groups excluding carboxylic acids is 2. The maximum absolute atomic E-state index is 13.6. The predicted molar refractivity (Wildman–Crippen MR) is 147 cm³/mol. The molecule has 198 valence electrons. The van der Waals surface area contributed by atoms with Gasteiger partial charge in [0, 0.05) is 47.5 Å². The van der Waals surface area contributed by atoms with Gasteiger partial charge >= 0.3 is 5.97 Å². The molecule has 4 rings (SSSR count). The molecule has 0 amide bonds. The van der Waals surface area contributed by atoms with Crippen LogP contribution in [0.2, 0.25) is 5.02 Å². The van der Waals surface area contributed by atoms with E-state index in [1.807, 2.05) is 6.07 Å². The highest BCUT2D eigenvalue weighted by Crippen LogP contribution is 2.34. The number of pyridine rings is 2. The molecule has 0 radical (unpaired) electrons. The first kappa shape index (κ1) is 27.5. The number of aromatic nitrogens is 2. The molecule has 1 N–H and O–H groups in total. The molecule has 1 atom stereocenters. The van der Waals surface area contributed by atoms with Gasteiger partial charge < -0.3 is 14.4 Å². The summed E-state index contributed by atoms with van der Waals surface area (Å²) in [6.07, 6.45) is 4.88. The zero-order valence-corrected chi connectivity index (χ0v) is 22.0. The summed E-state index contributed by atoms with van der Waals surface area (Å²) in [7, 11) is 1.44. The average Bonchev–Trinajstić information content (AvgIpc) is 2.92. The molecule has 0 unspecified atom stereocenters. The number of nitrogens with zero attached hydrogens (tertiary/aromatic N) is 2. The molecule has 0 aliphatic carbocycles. The molecule has 2 heterocycles. The lowest BCUT2D eigenvalue weighted by Crippen LogP contribution is -2.32. The number of rotatable bonds is 10. The summed E-state index contributed by atoms with van der Waals surface area (Å²) in [5.41, 5.74) is 2.21. The van der Waals surface area contributed by atoms with Crippen LogP contribution in [0.25, 0.3) is 11.1 Å². The van der Waals surface area contributed by atoms with E-state index in [4.69, 9.17) is 21.4 Å². The summed E-state index contributed by atoms with van der Waals surface area (Å²) < 4.78 is 6.93. The van der Waals surface area contributed by atoms with Gasteiger partial charge in [-0.25, -0.2) is 4.79 Å². The van der Waals surface area contributed by atoms with Crippen molar-refractivity contribution in [2.24, 2.45) is 0 Å². The Morgan fingerprint density at radius 2 is 1.77 bits per heavy atom. The van der Waals surface area contributed by atoms with E-state index < -0.39 is 17.6 Å². The summed E-state index contributed by atoms with van der Waals surface area (Å²) in [6, 6.07) is 14.8. The molecule has 2 aromatic carbocycles. The molecule has 8 nitrogen and oxygen atoms in total. The van der Waals surface area contributed by atoms with Gasteiger partial charge in [0.15, 0.2) is 11.6 Å². The summed E-state index contributed by atoms with van der Waals surface area (Å²) in [5.74, 6) is -1.24. The Kier molecular flexibility index (Phi) is 8.36. The van der Waals surface area contributed by atoms with Gasteiger partial charge in [0.25, 0.3) is 5.56 Å². The second kappa shape index (κ2) is 11.9. The molecule has 39 heavy (non-hydrogen) atoms. The molecule has 0 fully saturated rings. The molecule has 0 saturated heterocycles. The smallest absolute Gasteiger partial charge is 0.335 e. The Labute approximate surface area is 229 Å². The fraction of sp³-hybridized carbons (Fsp3) is 0.167. The zero-order valence-electron chi connectivity index (χ0n) is 21.3. The number of halogens is 1. The average molecular weight is 545 g/mol. The number of ether oxygens (including phenoxy) is 1. The van der Waals surface area contributed by atoms with Crippen molar-refractivity contribution in [3.63, 3.8) is 0 Å². The number of hydrogen-bond acceptors (Lipinski definition) is 6. The van der Waals surface area contributed by atoms with E-state index in [1.165, 1.54) is 43.0 Å². The zero-order chi connectivity index (χ0) is 28.1. The Balaban J connectivity index is 1.79. The number of carbonyl (C=O) groups is 3. The predicted octanol–water partition coefficient (Wildman–Crippen LogP) is 5.07. The van der Waals surface area contributed by atoms with Crippen molar-refractivity contribution >= 4 is 29.1 Å². The van der Waals surface area contributed by atoms with Crippen LogP contribution in [0.1, 0.15) is 44.8 Å². The van der Waals surface area contributed by atoms with Gasteiger partial charge in [0.2, 0.25) is 0 Å². The van der Waals surface area contributed by atoms with Crippen molar-refractivity contribution < 1.29 is 24.2 Å². The van der Waals surface area contributed by atoms with Crippen molar-refractivity contribution in [1.82, 2.24) is 9.55 Å². The van der Waals surface area contributed by atoms with E-state index in [2.05, 4.69) is 4.98 Å². The Bertz CT molecular complexity index is 1600. The van der Waals surface area contributed by atoms with E-state index in [-0.39, 0.29) is 35.7 Å². The van der Waals surface area contributed by atoms with Crippen LogP contribution in [0.15, 0.2) is 84.0 Å².